The highest BCUT2D eigenvalue weighted by molar-refractivity contribution is 8.29. The molecular formula is C26H22Cl2N4O4S4. The van der Waals surface area contributed by atoms with E-state index < -0.39 is 0 Å². The number of amides is 4. The number of rotatable bonds is 10. The average molecular weight is 654 g/mol. The third-order valence-corrected chi connectivity index (χ3v) is 9.19. The summed E-state index contributed by atoms with van der Waals surface area (Å²) in [5, 5.41) is 6.56. The predicted octanol–water partition coefficient (Wildman–Crippen LogP) is 6.06. The summed E-state index contributed by atoms with van der Waals surface area (Å²) in [6, 6.07) is 13.7. The van der Waals surface area contributed by atoms with E-state index in [2.05, 4.69) is 10.6 Å². The number of hydrogen-bond acceptors (Lipinski definition) is 8. The molecule has 0 unspecified atom stereocenters. The summed E-state index contributed by atoms with van der Waals surface area (Å²) in [5.41, 5.74) is 1.18. The Labute approximate surface area is 260 Å². The number of nitrogens with one attached hydrogen (secondary N) is 2. The molecule has 2 aromatic carbocycles. The van der Waals surface area contributed by atoms with E-state index in [1.54, 1.807) is 48.5 Å². The van der Waals surface area contributed by atoms with Crippen molar-refractivity contribution in [1.29, 1.82) is 0 Å². The molecule has 2 aromatic rings. The predicted molar refractivity (Wildman–Crippen MR) is 169 cm³/mol. The van der Waals surface area contributed by atoms with E-state index in [1.807, 2.05) is 0 Å². The summed E-state index contributed by atoms with van der Waals surface area (Å²) in [6.45, 7) is 0.471. The lowest BCUT2D eigenvalue weighted by Crippen LogP contribution is -2.31. The molecule has 4 amide bonds. The van der Waals surface area contributed by atoms with Crippen LogP contribution in [0.25, 0.3) is 0 Å². The first kappa shape index (κ1) is 30.5. The molecule has 0 saturated carbocycles. The molecule has 0 radical (unpaired) electrons. The Kier molecular flexibility index (Phi) is 10.6. The topological polar surface area (TPSA) is 98.8 Å². The number of halogens is 2. The Morgan fingerprint density at radius 3 is 1.50 bits per heavy atom. The van der Waals surface area contributed by atoms with Crippen LogP contribution in [0.4, 0.5) is 11.4 Å². The van der Waals surface area contributed by atoms with Crippen LogP contribution in [0.5, 0.6) is 0 Å². The lowest BCUT2D eigenvalue weighted by Gasteiger charge is -2.14. The van der Waals surface area contributed by atoms with Crippen LogP contribution < -0.4 is 10.6 Å². The zero-order valence-corrected chi connectivity index (χ0v) is 25.6. The standard InChI is InChI=1S/C26H22Cl2N4O4S4/c27-15-5-1-7-17(13-15)29-19(33)9-3-11-31-23(35)21(39-25(31)37)22-24(36)32(26(38)40-22)12-4-10-20(34)30-18-8-2-6-16(28)14-18/h1-2,5-8,13-14H,3-4,9-12H2,(H,29,33)(H,30,34). The fourth-order valence-electron chi connectivity index (χ4n) is 3.83. The first-order chi connectivity index (χ1) is 19.1. The Morgan fingerprint density at radius 1 is 0.725 bits per heavy atom. The summed E-state index contributed by atoms with van der Waals surface area (Å²) >= 11 is 24.8. The molecule has 0 atom stereocenters. The SMILES string of the molecule is O=C(CCCN1C(=O)C(=C2SC(=S)N(CCCC(=O)Nc3cccc(Cl)c3)C2=O)SC1=S)Nc1cccc(Cl)c1. The molecule has 2 fully saturated rings. The van der Waals surface area contributed by atoms with Gasteiger partial charge in [0.2, 0.25) is 11.8 Å². The quantitative estimate of drug-likeness (QED) is 0.236. The van der Waals surface area contributed by atoms with Crippen LogP contribution in [0.2, 0.25) is 10.0 Å². The van der Waals surface area contributed by atoms with Crippen molar-refractivity contribution in [3.8, 4) is 0 Å². The summed E-state index contributed by atoms with van der Waals surface area (Å²) < 4.78 is 0.636. The minimum atomic E-state index is -0.383. The molecular weight excluding hydrogens is 631 g/mol. The number of nitrogens with zero attached hydrogens (tertiary/aromatic N) is 2. The number of thiocarbonyl (C=S) groups is 2. The van der Waals surface area contributed by atoms with Gasteiger partial charge in [0.15, 0.2) is 0 Å². The first-order valence-electron chi connectivity index (χ1n) is 12.0. The summed E-state index contributed by atoms with van der Waals surface area (Å²) in [7, 11) is 0. The second kappa shape index (κ2) is 13.9. The number of anilines is 2. The Hall–Kier alpha value is -2.48. The molecule has 0 spiro atoms. The van der Waals surface area contributed by atoms with Gasteiger partial charge in [0.25, 0.3) is 11.8 Å². The lowest BCUT2D eigenvalue weighted by molar-refractivity contribution is -0.124. The van der Waals surface area contributed by atoms with E-state index >= 15 is 0 Å². The third-order valence-electron chi connectivity index (χ3n) is 5.69. The van der Waals surface area contributed by atoms with E-state index in [0.717, 1.165) is 23.5 Å². The Bertz CT molecular complexity index is 1330. The van der Waals surface area contributed by atoms with Crippen molar-refractivity contribution in [3.63, 3.8) is 0 Å². The van der Waals surface area contributed by atoms with Gasteiger partial charge in [0, 0.05) is 47.4 Å². The largest absolute Gasteiger partial charge is 0.326 e. The molecule has 2 N–H and O–H groups in total. The fraction of sp³-hybridized carbons (Fsp3) is 0.231. The number of thioether (sulfide) groups is 2. The fourth-order valence-corrected chi connectivity index (χ4v) is 6.98. The molecule has 8 nitrogen and oxygen atoms in total. The number of hydrogen-bond donors (Lipinski definition) is 2. The third kappa shape index (κ3) is 7.83. The molecule has 0 aliphatic carbocycles. The summed E-state index contributed by atoms with van der Waals surface area (Å²) in [5.74, 6) is -1.19. The van der Waals surface area contributed by atoms with Crippen LogP contribution in [0.3, 0.4) is 0 Å². The van der Waals surface area contributed by atoms with Crippen molar-refractivity contribution < 1.29 is 19.2 Å². The van der Waals surface area contributed by atoms with Gasteiger partial charge in [-0.1, -0.05) is 83.3 Å². The molecule has 2 aliphatic rings. The number of carbonyl (C=O) groups is 4. The van der Waals surface area contributed by atoms with Gasteiger partial charge in [-0.3, -0.25) is 29.0 Å². The minimum Gasteiger partial charge on any atom is -0.326 e. The highest BCUT2D eigenvalue weighted by atomic mass is 35.5. The van der Waals surface area contributed by atoms with Crippen LogP contribution in [-0.4, -0.2) is 55.2 Å². The lowest BCUT2D eigenvalue weighted by atomic mass is 10.2. The van der Waals surface area contributed by atoms with Gasteiger partial charge >= 0.3 is 0 Å². The van der Waals surface area contributed by atoms with Crippen molar-refractivity contribution in [2.45, 2.75) is 25.7 Å². The summed E-state index contributed by atoms with van der Waals surface area (Å²) in [6.07, 6.45) is 1.10. The highest BCUT2D eigenvalue weighted by Crippen LogP contribution is 2.42. The van der Waals surface area contributed by atoms with Crippen LogP contribution in [-0.2, 0) is 19.2 Å². The normalized spacial score (nSPS) is 17.1. The molecule has 4 rings (SSSR count). The average Bonchev–Trinajstić information content (AvgIpc) is 3.33. The van der Waals surface area contributed by atoms with Gasteiger partial charge in [-0.05, 0) is 49.2 Å². The first-order valence-corrected chi connectivity index (χ1v) is 15.3. The van der Waals surface area contributed by atoms with Crippen molar-refractivity contribution in [2.75, 3.05) is 23.7 Å². The Balaban J connectivity index is 1.28. The molecule has 2 saturated heterocycles. The highest BCUT2D eigenvalue weighted by Gasteiger charge is 2.41. The molecule has 2 heterocycles. The minimum absolute atomic E-state index is 0.173. The molecule has 2 aliphatic heterocycles. The molecule has 208 valence electrons. The zero-order chi connectivity index (χ0) is 28.8. The molecule has 14 heteroatoms. The van der Waals surface area contributed by atoms with E-state index in [4.69, 9.17) is 47.6 Å². The van der Waals surface area contributed by atoms with Gasteiger partial charge in [-0.25, -0.2) is 0 Å². The van der Waals surface area contributed by atoms with E-state index in [0.29, 0.717) is 42.9 Å². The number of benzene rings is 2. The van der Waals surface area contributed by atoms with Crippen LogP contribution in [0.1, 0.15) is 25.7 Å². The molecule has 0 aromatic heterocycles. The zero-order valence-electron chi connectivity index (χ0n) is 20.8. The van der Waals surface area contributed by atoms with Crippen molar-refractivity contribution in [3.05, 3.63) is 68.4 Å². The van der Waals surface area contributed by atoms with Gasteiger partial charge < -0.3 is 10.6 Å². The summed E-state index contributed by atoms with van der Waals surface area (Å²) in [4.78, 5) is 54.1. The van der Waals surface area contributed by atoms with Gasteiger partial charge in [0.1, 0.15) is 8.64 Å². The maximum absolute atomic E-state index is 13.1. The second-order valence-corrected chi connectivity index (χ2v) is 12.8. The second-order valence-electron chi connectivity index (χ2n) is 8.63. The molecule has 0 bridgehead atoms. The number of carbonyl (C=O) groups excluding carboxylic acids is 4. The van der Waals surface area contributed by atoms with E-state index in [-0.39, 0.29) is 59.4 Å². The van der Waals surface area contributed by atoms with Crippen molar-refractivity contribution in [1.82, 2.24) is 9.80 Å². The van der Waals surface area contributed by atoms with Crippen LogP contribution in [0.15, 0.2) is 58.3 Å². The molecule has 40 heavy (non-hydrogen) atoms. The van der Waals surface area contributed by atoms with Crippen LogP contribution >= 0.6 is 71.2 Å². The van der Waals surface area contributed by atoms with Crippen molar-refractivity contribution in [2.24, 2.45) is 0 Å². The van der Waals surface area contributed by atoms with E-state index in [9.17, 15) is 19.2 Å². The Morgan fingerprint density at radius 2 is 1.12 bits per heavy atom. The van der Waals surface area contributed by atoms with Crippen molar-refractivity contribution >= 4 is 115 Å². The monoisotopic (exact) mass is 652 g/mol. The van der Waals surface area contributed by atoms with Gasteiger partial charge in [0.05, 0.1) is 9.81 Å². The maximum atomic E-state index is 13.1. The van der Waals surface area contributed by atoms with E-state index in [1.165, 1.54) is 9.80 Å². The van der Waals surface area contributed by atoms with Crippen LogP contribution in [0, 0.1) is 0 Å². The maximum Gasteiger partial charge on any atom is 0.267 e. The smallest absolute Gasteiger partial charge is 0.267 e. The van der Waals surface area contributed by atoms with Gasteiger partial charge in [-0.15, -0.1) is 0 Å². The van der Waals surface area contributed by atoms with Gasteiger partial charge in [-0.2, -0.15) is 0 Å².